The summed E-state index contributed by atoms with van der Waals surface area (Å²) >= 11 is 0. The Balaban J connectivity index is 2.51. The molecular formula is C15H25NO2. The van der Waals surface area contributed by atoms with Crippen LogP contribution in [0.4, 0.5) is 0 Å². The Labute approximate surface area is 110 Å². The van der Waals surface area contributed by atoms with Crippen molar-refractivity contribution in [3.63, 3.8) is 0 Å². The number of aliphatic hydroxyl groups is 1. The van der Waals surface area contributed by atoms with Gasteiger partial charge in [0.2, 0.25) is 0 Å². The van der Waals surface area contributed by atoms with Crippen LogP contribution in [-0.4, -0.2) is 25.4 Å². The third kappa shape index (κ3) is 4.67. The highest BCUT2D eigenvalue weighted by Crippen LogP contribution is 2.21. The number of hydrogen-bond acceptors (Lipinski definition) is 3. The number of aliphatic hydroxyl groups excluding tert-OH is 1. The fourth-order valence-electron chi connectivity index (χ4n) is 1.83. The van der Waals surface area contributed by atoms with Gasteiger partial charge in [-0.1, -0.05) is 26.0 Å². The molecule has 0 aliphatic carbocycles. The molecule has 0 aliphatic heterocycles. The van der Waals surface area contributed by atoms with E-state index in [0.29, 0.717) is 6.04 Å². The van der Waals surface area contributed by atoms with Gasteiger partial charge in [0.1, 0.15) is 5.75 Å². The molecule has 1 atom stereocenters. The van der Waals surface area contributed by atoms with E-state index in [1.165, 1.54) is 5.56 Å². The van der Waals surface area contributed by atoms with E-state index >= 15 is 0 Å². The van der Waals surface area contributed by atoms with Crippen LogP contribution in [0.1, 0.15) is 38.8 Å². The minimum atomic E-state index is 0.121. The molecule has 2 N–H and O–H groups in total. The van der Waals surface area contributed by atoms with Crippen LogP contribution in [0, 0.1) is 5.41 Å². The van der Waals surface area contributed by atoms with E-state index in [4.69, 9.17) is 9.84 Å². The zero-order valence-electron chi connectivity index (χ0n) is 11.9. The Morgan fingerprint density at radius 3 is 2.39 bits per heavy atom. The second kappa shape index (κ2) is 6.76. The van der Waals surface area contributed by atoms with Crippen molar-refractivity contribution >= 4 is 0 Å². The molecule has 1 aromatic rings. The summed E-state index contributed by atoms with van der Waals surface area (Å²) in [6, 6.07) is 8.41. The minimum Gasteiger partial charge on any atom is -0.497 e. The first kappa shape index (κ1) is 15.0. The lowest BCUT2D eigenvalue weighted by Gasteiger charge is -2.26. The number of methoxy groups -OCH3 is 1. The summed E-state index contributed by atoms with van der Waals surface area (Å²) in [5.41, 5.74) is 1.37. The van der Waals surface area contributed by atoms with E-state index in [0.717, 1.165) is 18.7 Å². The average Bonchev–Trinajstić information content (AvgIpc) is 2.36. The topological polar surface area (TPSA) is 41.5 Å². The molecule has 0 spiro atoms. The molecular weight excluding hydrogens is 226 g/mol. The summed E-state index contributed by atoms with van der Waals surface area (Å²) in [6.07, 6.45) is 0.815. The monoisotopic (exact) mass is 251 g/mol. The van der Waals surface area contributed by atoms with E-state index in [1.54, 1.807) is 7.11 Å². The van der Waals surface area contributed by atoms with E-state index in [-0.39, 0.29) is 12.0 Å². The summed E-state index contributed by atoms with van der Waals surface area (Å²) < 4.78 is 5.15. The molecule has 1 unspecified atom stereocenters. The van der Waals surface area contributed by atoms with Crippen molar-refractivity contribution in [2.45, 2.75) is 33.2 Å². The highest BCUT2D eigenvalue weighted by molar-refractivity contribution is 5.28. The van der Waals surface area contributed by atoms with Crippen LogP contribution in [0.25, 0.3) is 0 Å². The molecule has 18 heavy (non-hydrogen) atoms. The molecule has 0 radical (unpaired) electrons. The van der Waals surface area contributed by atoms with Gasteiger partial charge in [-0.3, -0.25) is 0 Å². The Bertz CT molecular complexity index is 346. The molecule has 0 bridgehead atoms. The van der Waals surface area contributed by atoms with Gasteiger partial charge in [0.05, 0.1) is 7.11 Å². The molecule has 0 aliphatic rings. The van der Waals surface area contributed by atoms with Crippen molar-refractivity contribution in [2.75, 3.05) is 20.3 Å². The highest BCUT2D eigenvalue weighted by Gasteiger charge is 2.18. The molecule has 1 aromatic carbocycles. The predicted octanol–water partition coefficient (Wildman–Crippen LogP) is 2.75. The maximum absolute atomic E-state index is 9.00. The largest absolute Gasteiger partial charge is 0.497 e. The first-order valence-electron chi connectivity index (χ1n) is 6.47. The van der Waals surface area contributed by atoms with E-state index in [2.05, 4.69) is 38.2 Å². The summed E-state index contributed by atoms with van der Waals surface area (Å²) in [5, 5.41) is 12.5. The first-order chi connectivity index (χ1) is 8.48. The molecule has 3 nitrogen and oxygen atoms in total. The quantitative estimate of drug-likeness (QED) is 0.783. The maximum Gasteiger partial charge on any atom is 0.118 e. The lowest BCUT2D eigenvalue weighted by molar-refractivity contribution is 0.203. The van der Waals surface area contributed by atoms with E-state index in [1.807, 2.05) is 12.1 Å². The van der Waals surface area contributed by atoms with Crippen LogP contribution in [0.15, 0.2) is 24.3 Å². The van der Waals surface area contributed by atoms with Gasteiger partial charge in [-0.2, -0.15) is 0 Å². The summed E-state index contributed by atoms with van der Waals surface area (Å²) in [7, 11) is 1.67. The zero-order chi connectivity index (χ0) is 13.6. The SMILES string of the molecule is COc1ccc(C(C)NCC(C)(C)CCO)cc1. The van der Waals surface area contributed by atoms with Crippen LogP contribution in [0.5, 0.6) is 5.75 Å². The standard InChI is InChI=1S/C15H25NO2/c1-12(16-11-15(2,3)9-10-17)13-5-7-14(18-4)8-6-13/h5-8,12,16-17H,9-11H2,1-4H3. The van der Waals surface area contributed by atoms with Crippen LogP contribution >= 0.6 is 0 Å². The molecule has 0 saturated carbocycles. The lowest BCUT2D eigenvalue weighted by atomic mass is 9.89. The van der Waals surface area contributed by atoms with Crippen molar-refractivity contribution in [3.8, 4) is 5.75 Å². The average molecular weight is 251 g/mol. The second-order valence-corrected chi connectivity index (χ2v) is 5.51. The number of rotatable bonds is 7. The number of nitrogens with one attached hydrogen (secondary N) is 1. The van der Waals surface area contributed by atoms with Crippen molar-refractivity contribution in [2.24, 2.45) is 5.41 Å². The van der Waals surface area contributed by atoms with Crippen LogP contribution in [-0.2, 0) is 0 Å². The molecule has 0 fully saturated rings. The summed E-state index contributed by atoms with van der Waals surface area (Å²) in [4.78, 5) is 0. The molecule has 0 heterocycles. The highest BCUT2D eigenvalue weighted by atomic mass is 16.5. The van der Waals surface area contributed by atoms with Gasteiger partial charge in [0.25, 0.3) is 0 Å². The zero-order valence-corrected chi connectivity index (χ0v) is 11.9. The Hall–Kier alpha value is -1.06. The van der Waals surface area contributed by atoms with Gasteiger partial charge < -0.3 is 15.2 Å². The fraction of sp³-hybridized carbons (Fsp3) is 0.600. The number of ether oxygens (including phenoxy) is 1. The van der Waals surface area contributed by atoms with Gasteiger partial charge in [-0.25, -0.2) is 0 Å². The first-order valence-corrected chi connectivity index (χ1v) is 6.47. The lowest BCUT2D eigenvalue weighted by Crippen LogP contribution is -2.32. The van der Waals surface area contributed by atoms with Gasteiger partial charge in [0, 0.05) is 19.2 Å². The van der Waals surface area contributed by atoms with Crippen molar-refractivity contribution in [3.05, 3.63) is 29.8 Å². The minimum absolute atomic E-state index is 0.121. The normalized spacial score (nSPS) is 13.4. The summed E-state index contributed by atoms with van der Waals surface area (Å²) in [5.74, 6) is 0.881. The molecule has 0 aromatic heterocycles. The second-order valence-electron chi connectivity index (χ2n) is 5.51. The van der Waals surface area contributed by atoms with Crippen LogP contribution in [0.3, 0.4) is 0 Å². The third-order valence-corrected chi connectivity index (χ3v) is 3.29. The van der Waals surface area contributed by atoms with Gasteiger partial charge >= 0.3 is 0 Å². The smallest absolute Gasteiger partial charge is 0.118 e. The molecule has 1 rings (SSSR count). The predicted molar refractivity (Wildman–Crippen MR) is 74.9 cm³/mol. The Kier molecular flexibility index (Phi) is 5.63. The van der Waals surface area contributed by atoms with E-state index in [9.17, 15) is 0 Å². The van der Waals surface area contributed by atoms with Crippen molar-refractivity contribution < 1.29 is 9.84 Å². The van der Waals surface area contributed by atoms with Crippen LogP contribution in [0.2, 0.25) is 0 Å². The maximum atomic E-state index is 9.00. The molecule has 0 saturated heterocycles. The summed E-state index contributed by atoms with van der Waals surface area (Å²) in [6.45, 7) is 7.61. The van der Waals surface area contributed by atoms with E-state index < -0.39 is 0 Å². The molecule has 0 amide bonds. The fourth-order valence-corrected chi connectivity index (χ4v) is 1.83. The number of hydrogen-bond donors (Lipinski definition) is 2. The number of benzene rings is 1. The third-order valence-electron chi connectivity index (χ3n) is 3.29. The Morgan fingerprint density at radius 1 is 1.28 bits per heavy atom. The molecule has 102 valence electrons. The molecule has 3 heteroatoms. The van der Waals surface area contributed by atoms with Gasteiger partial charge in [0.15, 0.2) is 0 Å². The van der Waals surface area contributed by atoms with Crippen molar-refractivity contribution in [1.82, 2.24) is 5.32 Å². The van der Waals surface area contributed by atoms with Gasteiger partial charge in [-0.15, -0.1) is 0 Å². The van der Waals surface area contributed by atoms with Crippen LogP contribution < -0.4 is 10.1 Å². The Morgan fingerprint density at radius 2 is 1.89 bits per heavy atom. The van der Waals surface area contributed by atoms with Gasteiger partial charge in [-0.05, 0) is 36.5 Å². The van der Waals surface area contributed by atoms with Crippen molar-refractivity contribution in [1.29, 1.82) is 0 Å².